The first-order chi connectivity index (χ1) is 8.15. The summed E-state index contributed by atoms with van der Waals surface area (Å²) in [4.78, 5) is 0. The standard InChI is InChI=1S/C14H17N3/c1-10-3-2-4-13(7-10)17-9-11-8-12(15)5-6-14(11)16/h2-8,17H,9,15-16H2,1H3. The summed E-state index contributed by atoms with van der Waals surface area (Å²) in [6.07, 6.45) is 0. The number of nitrogen functional groups attached to an aromatic ring is 2. The quantitative estimate of drug-likeness (QED) is 0.706. The Morgan fingerprint density at radius 3 is 2.65 bits per heavy atom. The van der Waals surface area contributed by atoms with Crippen molar-refractivity contribution < 1.29 is 0 Å². The van der Waals surface area contributed by atoms with Gasteiger partial charge in [-0.05, 0) is 48.4 Å². The molecule has 0 aliphatic rings. The van der Waals surface area contributed by atoms with Crippen LogP contribution in [0, 0.1) is 6.92 Å². The maximum atomic E-state index is 5.89. The molecule has 0 saturated carbocycles. The van der Waals surface area contributed by atoms with Crippen molar-refractivity contribution >= 4 is 17.1 Å². The van der Waals surface area contributed by atoms with Crippen molar-refractivity contribution in [3.63, 3.8) is 0 Å². The largest absolute Gasteiger partial charge is 0.399 e. The maximum Gasteiger partial charge on any atom is 0.0421 e. The van der Waals surface area contributed by atoms with Crippen molar-refractivity contribution in [1.82, 2.24) is 0 Å². The SMILES string of the molecule is Cc1cccc(NCc2cc(N)ccc2N)c1. The van der Waals surface area contributed by atoms with Crippen LogP contribution in [0.15, 0.2) is 42.5 Å². The topological polar surface area (TPSA) is 64.1 Å². The summed E-state index contributed by atoms with van der Waals surface area (Å²) in [6.45, 7) is 2.75. The van der Waals surface area contributed by atoms with Gasteiger partial charge in [-0.3, -0.25) is 0 Å². The zero-order valence-corrected chi connectivity index (χ0v) is 9.90. The molecule has 2 rings (SSSR count). The van der Waals surface area contributed by atoms with Crippen LogP contribution in [-0.4, -0.2) is 0 Å². The number of anilines is 3. The first-order valence-corrected chi connectivity index (χ1v) is 5.59. The van der Waals surface area contributed by atoms with Crippen LogP contribution in [0.3, 0.4) is 0 Å². The van der Waals surface area contributed by atoms with Crippen LogP contribution in [0.2, 0.25) is 0 Å². The maximum absolute atomic E-state index is 5.89. The van der Waals surface area contributed by atoms with E-state index in [1.54, 1.807) is 0 Å². The highest BCUT2D eigenvalue weighted by Gasteiger charge is 2.00. The molecule has 0 unspecified atom stereocenters. The predicted octanol–water partition coefficient (Wildman–Crippen LogP) is 2.77. The normalized spacial score (nSPS) is 10.2. The fraction of sp³-hybridized carbons (Fsp3) is 0.143. The van der Waals surface area contributed by atoms with E-state index in [-0.39, 0.29) is 0 Å². The van der Waals surface area contributed by atoms with E-state index in [1.807, 2.05) is 30.3 Å². The minimum atomic E-state index is 0.681. The minimum Gasteiger partial charge on any atom is -0.399 e. The fourth-order valence-electron chi connectivity index (χ4n) is 1.73. The molecule has 3 nitrogen and oxygen atoms in total. The van der Waals surface area contributed by atoms with Crippen molar-refractivity contribution in [2.75, 3.05) is 16.8 Å². The molecular formula is C14H17N3. The van der Waals surface area contributed by atoms with E-state index < -0.39 is 0 Å². The molecule has 17 heavy (non-hydrogen) atoms. The summed E-state index contributed by atoms with van der Waals surface area (Å²) in [5, 5.41) is 3.33. The van der Waals surface area contributed by atoms with E-state index in [4.69, 9.17) is 11.5 Å². The summed E-state index contributed by atoms with van der Waals surface area (Å²) in [7, 11) is 0. The summed E-state index contributed by atoms with van der Waals surface area (Å²) < 4.78 is 0. The molecule has 0 saturated heterocycles. The molecule has 0 spiro atoms. The number of aryl methyl sites for hydroxylation is 1. The molecule has 0 bridgehead atoms. The van der Waals surface area contributed by atoms with Crippen molar-refractivity contribution in [2.45, 2.75) is 13.5 Å². The summed E-state index contributed by atoms with van der Waals surface area (Å²) in [5.41, 5.74) is 16.5. The molecule has 0 aromatic heterocycles. The van der Waals surface area contributed by atoms with Gasteiger partial charge in [0.05, 0.1) is 0 Å². The van der Waals surface area contributed by atoms with E-state index >= 15 is 0 Å². The third-order valence-electron chi connectivity index (χ3n) is 2.67. The zero-order valence-electron chi connectivity index (χ0n) is 9.90. The molecule has 88 valence electrons. The molecule has 0 fully saturated rings. The lowest BCUT2D eigenvalue weighted by Gasteiger charge is -2.10. The first kappa shape index (κ1) is 11.3. The monoisotopic (exact) mass is 227 g/mol. The van der Waals surface area contributed by atoms with Gasteiger partial charge in [0.25, 0.3) is 0 Å². The Kier molecular flexibility index (Phi) is 3.19. The van der Waals surface area contributed by atoms with E-state index in [2.05, 4.69) is 24.4 Å². The Labute approximate surface area is 101 Å². The number of hydrogen-bond acceptors (Lipinski definition) is 3. The van der Waals surface area contributed by atoms with Gasteiger partial charge >= 0.3 is 0 Å². The van der Waals surface area contributed by atoms with Gasteiger partial charge in [-0.2, -0.15) is 0 Å². The molecule has 2 aromatic rings. The van der Waals surface area contributed by atoms with Gasteiger partial charge in [-0.15, -0.1) is 0 Å². The minimum absolute atomic E-state index is 0.681. The van der Waals surface area contributed by atoms with Crippen molar-refractivity contribution in [3.8, 4) is 0 Å². The average Bonchev–Trinajstić information content (AvgIpc) is 2.30. The third kappa shape index (κ3) is 2.91. The van der Waals surface area contributed by atoms with Gasteiger partial charge in [-0.25, -0.2) is 0 Å². The number of hydrogen-bond donors (Lipinski definition) is 3. The van der Waals surface area contributed by atoms with Gasteiger partial charge in [-0.1, -0.05) is 12.1 Å². The fourth-order valence-corrected chi connectivity index (χ4v) is 1.73. The van der Waals surface area contributed by atoms with Crippen molar-refractivity contribution in [1.29, 1.82) is 0 Å². The van der Waals surface area contributed by atoms with Crippen molar-refractivity contribution in [3.05, 3.63) is 53.6 Å². The molecule has 2 aromatic carbocycles. The van der Waals surface area contributed by atoms with E-state index in [1.165, 1.54) is 5.56 Å². The lowest BCUT2D eigenvalue weighted by atomic mass is 10.1. The second kappa shape index (κ2) is 4.78. The lowest BCUT2D eigenvalue weighted by molar-refractivity contribution is 1.15. The summed E-state index contributed by atoms with van der Waals surface area (Å²) in [6, 6.07) is 13.8. The Morgan fingerprint density at radius 2 is 1.88 bits per heavy atom. The molecule has 3 heteroatoms. The van der Waals surface area contributed by atoms with Crippen LogP contribution in [0.1, 0.15) is 11.1 Å². The van der Waals surface area contributed by atoms with Crippen LogP contribution in [0.4, 0.5) is 17.1 Å². The van der Waals surface area contributed by atoms with Gasteiger partial charge in [0, 0.05) is 23.6 Å². The zero-order chi connectivity index (χ0) is 12.3. The van der Waals surface area contributed by atoms with E-state index in [0.717, 1.165) is 22.6 Å². The van der Waals surface area contributed by atoms with Gasteiger partial charge in [0.15, 0.2) is 0 Å². The van der Waals surface area contributed by atoms with Crippen molar-refractivity contribution in [2.24, 2.45) is 0 Å². The molecule has 0 aliphatic heterocycles. The van der Waals surface area contributed by atoms with Crippen LogP contribution in [0.25, 0.3) is 0 Å². The highest BCUT2D eigenvalue weighted by molar-refractivity contribution is 5.57. The van der Waals surface area contributed by atoms with Crippen LogP contribution in [-0.2, 0) is 6.54 Å². The summed E-state index contributed by atoms with van der Waals surface area (Å²) in [5.74, 6) is 0. The van der Waals surface area contributed by atoms with E-state index in [0.29, 0.717) is 6.54 Å². The second-order valence-corrected chi connectivity index (χ2v) is 4.18. The molecule has 0 amide bonds. The average molecular weight is 227 g/mol. The lowest BCUT2D eigenvalue weighted by Crippen LogP contribution is -2.03. The Morgan fingerprint density at radius 1 is 1.06 bits per heavy atom. The molecule has 0 radical (unpaired) electrons. The molecule has 0 aliphatic carbocycles. The Bertz CT molecular complexity index is 521. The highest BCUT2D eigenvalue weighted by atomic mass is 14.9. The molecule has 0 heterocycles. The summed E-state index contributed by atoms with van der Waals surface area (Å²) >= 11 is 0. The molecule has 5 N–H and O–H groups in total. The first-order valence-electron chi connectivity index (χ1n) is 5.59. The second-order valence-electron chi connectivity index (χ2n) is 4.18. The van der Waals surface area contributed by atoms with Gasteiger partial charge < -0.3 is 16.8 Å². The molecule has 0 atom stereocenters. The smallest absolute Gasteiger partial charge is 0.0421 e. The Hall–Kier alpha value is -2.16. The van der Waals surface area contributed by atoms with Crippen LogP contribution >= 0.6 is 0 Å². The highest BCUT2D eigenvalue weighted by Crippen LogP contribution is 2.18. The number of nitrogens with one attached hydrogen (secondary N) is 1. The van der Waals surface area contributed by atoms with Gasteiger partial charge in [0.1, 0.15) is 0 Å². The van der Waals surface area contributed by atoms with Crippen LogP contribution < -0.4 is 16.8 Å². The van der Waals surface area contributed by atoms with Crippen LogP contribution in [0.5, 0.6) is 0 Å². The number of benzene rings is 2. The third-order valence-corrected chi connectivity index (χ3v) is 2.67. The Balaban J connectivity index is 2.09. The number of nitrogens with two attached hydrogens (primary N) is 2. The van der Waals surface area contributed by atoms with E-state index in [9.17, 15) is 0 Å². The predicted molar refractivity (Wildman–Crippen MR) is 73.8 cm³/mol. The van der Waals surface area contributed by atoms with Gasteiger partial charge in [0.2, 0.25) is 0 Å². The number of rotatable bonds is 3. The molecular weight excluding hydrogens is 210 g/mol.